The Kier molecular flexibility index (Phi) is 4.75. The zero-order valence-electron chi connectivity index (χ0n) is 10.4. The highest BCUT2D eigenvalue weighted by molar-refractivity contribution is 7.08. The molecule has 0 amide bonds. The highest BCUT2D eigenvalue weighted by atomic mass is 32.1. The van der Waals surface area contributed by atoms with Gasteiger partial charge in [0.2, 0.25) is 0 Å². The average molecular weight is 252 g/mol. The molecule has 1 aromatic heterocycles. The molecule has 1 fully saturated rings. The van der Waals surface area contributed by atoms with Gasteiger partial charge in [-0.2, -0.15) is 11.3 Å². The van der Waals surface area contributed by atoms with Gasteiger partial charge in [0.1, 0.15) is 6.10 Å². The lowest BCUT2D eigenvalue weighted by atomic mass is 9.83. The summed E-state index contributed by atoms with van der Waals surface area (Å²) in [5, 5.41) is 3.88. The minimum atomic E-state index is -0.213. The number of ether oxygens (including phenoxy) is 1. The van der Waals surface area contributed by atoms with E-state index in [1.54, 1.807) is 11.3 Å². The van der Waals surface area contributed by atoms with E-state index in [0.717, 1.165) is 18.4 Å². The van der Waals surface area contributed by atoms with Gasteiger partial charge in [0.25, 0.3) is 0 Å². The maximum absolute atomic E-state index is 12.4. The molecule has 0 radical (unpaired) electrons. The largest absolute Gasteiger partial charge is 0.370 e. The van der Waals surface area contributed by atoms with E-state index in [1.165, 1.54) is 19.3 Å². The second-order valence-corrected chi connectivity index (χ2v) is 5.43. The molecule has 0 bridgehead atoms. The van der Waals surface area contributed by atoms with E-state index >= 15 is 0 Å². The summed E-state index contributed by atoms with van der Waals surface area (Å²) >= 11 is 1.57. The van der Waals surface area contributed by atoms with Crippen molar-refractivity contribution in [3.8, 4) is 0 Å². The molecule has 1 heterocycles. The van der Waals surface area contributed by atoms with E-state index in [1.807, 2.05) is 23.8 Å². The summed E-state index contributed by atoms with van der Waals surface area (Å²) in [5.41, 5.74) is 0.819. The Morgan fingerprint density at radius 2 is 2.24 bits per heavy atom. The molecule has 0 spiro atoms. The van der Waals surface area contributed by atoms with Crippen LogP contribution in [-0.4, -0.2) is 18.5 Å². The van der Waals surface area contributed by atoms with Crippen LogP contribution < -0.4 is 0 Å². The molecular formula is C14H20O2S. The van der Waals surface area contributed by atoms with Crippen molar-refractivity contribution in [1.82, 2.24) is 0 Å². The van der Waals surface area contributed by atoms with E-state index in [2.05, 4.69) is 0 Å². The van der Waals surface area contributed by atoms with Crippen LogP contribution in [0.4, 0.5) is 0 Å². The normalized spacial score (nSPS) is 19.1. The van der Waals surface area contributed by atoms with E-state index in [4.69, 9.17) is 4.74 Å². The Hall–Kier alpha value is -0.670. The fourth-order valence-corrected chi connectivity index (χ4v) is 3.26. The van der Waals surface area contributed by atoms with Crippen LogP contribution in [0.1, 0.15) is 49.4 Å². The van der Waals surface area contributed by atoms with Crippen LogP contribution in [-0.2, 0) is 4.74 Å². The third-order valence-electron chi connectivity index (χ3n) is 3.49. The van der Waals surface area contributed by atoms with Gasteiger partial charge in [0.15, 0.2) is 5.78 Å². The lowest BCUT2D eigenvalue weighted by molar-refractivity contribution is 0.0127. The van der Waals surface area contributed by atoms with Crippen molar-refractivity contribution in [1.29, 1.82) is 0 Å². The van der Waals surface area contributed by atoms with Crippen LogP contribution in [0.3, 0.4) is 0 Å². The molecule has 0 N–H and O–H groups in total. The minimum Gasteiger partial charge on any atom is -0.370 e. The molecule has 2 rings (SSSR count). The van der Waals surface area contributed by atoms with Gasteiger partial charge in [0, 0.05) is 17.6 Å². The summed E-state index contributed by atoms with van der Waals surface area (Å²) in [6.45, 7) is 2.59. The zero-order valence-corrected chi connectivity index (χ0v) is 11.2. The first-order valence-electron chi connectivity index (χ1n) is 6.51. The summed E-state index contributed by atoms with van der Waals surface area (Å²) < 4.78 is 5.72. The van der Waals surface area contributed by atoms with Crippen LogP contribution in [0.15, 0.2) is 16.8 Å². The van der Waals surface area contributed by atoms with Gasteiger partial charge in [0.05, 0.1) is 0 Å². The molecule has 0 aromatic carbocycles. The van der Waals surface area contributed by atoms with Crippen LogP contribution in [0.25, 0.3) is 0 Å². The number of hydrogen-bond donors (Lipinski definition) is 0. The molecule has 94 valence electrons. The summed E-state index contributed by atoms with van der Waals surface area (Å²) in [6.07, 6.45) is 5.86. The molecular weight excluding hydrogens is 232 g/mol. The SMILES string of the molecule is CCOC(C(=O)c1ccsc1)C1CCCCC1. The molecule has 1 saturated carbocycles. The lowest BCUT2D eigenvalue weighted by Gasteiger charge is -2.28. The van der Waals surface area contributed by atoms with Crippen molar-refractivity contribution < 1.29 is 9.53 Å². The second-order valence-electron chi connectivity index (χ2n) is 4.65. The first-order valence-corrected chi connectivity index (χ1v) is 7.45. The zero-order chi connectivity index (χ0) is 12.1. The standard InChI is InChI=1S/C14H20O2S/c1-2-16-14(11-6-4-3-5-7-11)13(15)12-8-9-17-10-12/h8-11,14H,2-7H2,1H3. The maximum Gasteiger partial charge on any atom is 0.192 e. The van der Waals surface area contributed by atoms with Crippen molar-refractivity contribution in [2.75, 3.05) is 6.61 Å². The molecule has 3 heteroatoms. The molecule has 17 heavy (non-hydrogen) atoms. The van der Waals surface area contributed by atoms with E-state index in [9.17, 15) is 4.79 Å². The molecule has 0 saturated heterocycles. The Morgan fingerprint density at radius 1 is 1.47 bits per heavy atom. The number of ketones is 1. The number of hydrogen-bond acceptors (Lipinski definition) is 3. The first-order chi connectivity index (χ1) is 8.33. The predicted octanol–water partition coefficient (Wildman–Crippen LogP) is 3.92. The fraction of sp³-hybridized carbons (Fsp3) is 0.643. The quantitative estimate of drug-likeness (QED) is 0.742. The van der Waals surface area contributed by atoms with Crippen LogP contribution in [0, 0.1) is 5.92 Å². The molecule has 0 aliphatic heterocycles. The highest BCUT2D eigenvalue weighted by Crippen LogP contribution is 2.30. The predicted molar refractivity (Wildman–Crippen MR) is 70.6 cm³/mol. The molecule has 1 unspecified atom stereocenters. The number of Topliss-reactive ketones (excluding diaryl/α,β-unsaturated/α-hetero) is 1. The highest BCUT2D eigenvalue weighted by Gasteiger charge is 2.30. The summed E-state index contributed by atoms with van der Waals surface area (Å²) in [6, 6.07) is 1.90. The second kappa shape index (κ2) is 6.31. The van der Waals surface area contributed by atoms with Crippen LogP contribution in [0.5, 0.6) is 0 Å². The Bertz CT molecular complexity index is 339. The van der Waals surface area contributed by atoms with Gasteiger partial charge < -0.3 is 4.74 Å². The Labute approximate surface area is 107 Å². The van der Waals surface area contributed by atoms with E-state index in [0.29, 0.717) is 12.5 Å². The summed E-state index contributed by atoms with van der Waals surface area (Å²) in [4.78, 5) is 12.4. The monoisotopic (exact) mass is 252 g/mol. The average Bonchev–Trinajstić information content (AvgIpc) is 2.90. The van der Waals surface area contributed by atoms with Crippen molar-refractivity contribution in [3.63, 3.8) is 0 Å². The number of rotatable bonds is 5. The fourth-order valence-electron chi connectivity index (χ4n) is 2.61. The third kappa shape index (κ3) is 3.17. The molecule has 1 aliphatic rings. The topological polar surface area (TPSA) is 26.3 Å². The summed E-state index contributed by atoms with van der Waals surface area (Å²) in [7, 11) is 0. The van der Waals surface area contributed by atoms with Gasteiger partial charge in [-0.05, 0) is 37.1 Å². The number of thiophene rings is 1. The molecule has 1 atom stereocenters. The van der Waals surface area contributed by atoms with Gasteiger partial charge in [-0.25, -0.2) is 0 Å². The van der Waals surface area contributed by atoms with Crippen LogP contribution in [0.2, 0.25) is 0 Å². The minimum absolute atomic E-state index is 0.181. The van der Waals surface area contributed by atoms with Gasteiger partial charge in [-0.15, -0.1) is 0 Å². The van der Waals surface area contributed by atoms with E-state index in [-0.39, 0.29) is 11.9 Å². The molecule has 2 nitrogen and oxygen atoms in total. The van der Waals surface area contributed by atoms with Gasteiger partial charge in [-0.1, -0.05) is 19.3 Å². The van der Waals surface area contributed by atoms with Crippen LogP contribution >= 0.6 is 11.3 Å². The van der Waals surface area contributed by atoms with Gasteiger partial charge in [-0.3, -0.25) is 4.79 Å². The maximum atomic E-state index is 12.4. The van der Waals surface area contributed by atoms with Crippen molar-refractivity contribution in [3.05, 3.63) is 22.4 Å². The Balaban J connectivity index is 2.07. The molecule has 1 aromatic rings. The Morgan fingerprint density at radius 3 is 2.82 bits per heavy atom. The molecule has 1 aliphatic carbocycles. The van der Waals surface area contributed by atoms with E-state index < -0.39 is 0 Å². The lowest BCUT2D eigenvalue weighted by Crippen LogP contribution is -2.33. The number of carbonyl (C=O) groups excluding carboxylic acids is 1. The first kappa shape index (κ1) is 12.8. The smallest absolute Gasteiger partial charge is 0.192 e. The summed E-state index contributed by atoms with van der Waals surface area (Å²) in [5.74, 6) is 0.608. The van der Waals surface area contributed by atoms with Crippen molar-refractivity contribution >= 4 is 17.1 Å². The number of carbonyl (C=O) groups is 1. The van der Waals surface area contributed by atoms with Gasteiger partial charge >= 0.3 is 0 Å². The van der Waals surface area contributed by atoms with Crippen molar-refractivity contribution in [2.24, 2.45) is 5.92 Å². The third-order valence-corrected chi connectivity index (χ3v) is 4.17. The van der Waals surface area contributed by atoms with Crippen molar-refractivity contribution in [2.45, 2.75) is 45.1 Å².